The van der Waals surface area contributed by atoms with E-state index in [1.807, 2.05) is 0 Å². The molecular formula is C16H23NO4. The molecule has 21 heavy (non-hydrogen) atoms. The molecule has 1 unspecified atom stereocenters. The van der Waals surface area contributed by atoms with Gasteiger partial charge in [0.05, 0.1) is 0 Å². The van der Waals surface area contributed by atoms with Crippen molar-refractivity contribution >= 4 is 17.5 Å². The fraction of sp³-hybridized carbons (Fsp3) is 0.562. The van der Waals surface area contributed by atoms with Crippen LogP contribution in [0.3, 0.4) is 0 Å². The van der Waals surface area contributed by atoms with Crippen LogP contribution in [0.15, 0.2) is 22.3 Å². The second-order valence-electron chi connectivity index (χ2n) is 5.99. The Kier molecular flexibility index (Phi) is 4.89. The van der Waals surface area contributed by atoms with Crippen LogP contribution in [0, 0.1) is 0 Å². The van der Waals surface area contributed by atoms with Gasteiger partial charge in [-0.25, -0.2) is 0 Å². The molecule has 0 aromatic carbocycles. The number of rotatable bonds is 4. The lowest BCUT2D eigenvalue weighted by Crippen LogP contribution is -2.44. The van der Waals surface area contributed by atoms with Gasteiger partial charge in [-0.1, -0.05) is 0 Å². The Balaban J connectivity index is 2.97. The Morgan fingerprint density at radius 1 is 1.05 bits per heavy atom. The summed E-state index contributed by atoms with van der Waals surface area (Å²) >= 11 is 0. The lowest BCUT2D eigenvalue weighted by molar-refractivity contribution is -0.147. The molecule has 1 amide bonds. The van der Waals surface area contributed by atoms with Gasteiger partial charge in [0.25, 0.3) is 5.91 Å². The van der Waals surface area contributed by atoms with E-state index in [-0.39, 0.29) is 24.4 Å². The zero-order chi connectivity index (χ0) is 16.5. The Hall–Kier alpha value is -1.75. The van der Waals surface area contributed by atoms with Crippen LogP contribution in [0.1, 0.15) is 40.5 Å². The first-order valence-corrected chi connectivity index (χ1v) is 6.91. The Bertz CT molecular complexity index is 565. The summed E-state index contributed by atoms with van der Waals surface area (Å²) in [6, 6.07) is 0. The number of likely N-dealkylation sites (N-methyl/N-ethyl adjacent to an activating group) is 1. The van der Waals surface area contributed by atoms with Crippen LogP contribution in [0.4, 0.5) is 0 Å². The number of hydrogen-bond donors (Lipinski definition) is 1. The van der Waals surface area contributed by atoms with E-state index in [2.05, 4.69) is 0 Å². The van der Waals surface area contributed by atoms with Crippen molar-refractivity contribution in [1.29, 1.82) is 0 Å². The fourth-order valence-corrected chi connectivity index (χ4v) is 2.41. The molecule has 0 aromatic rings. The van der Waals surface area contributed by atoms with E-state index < -0.39 is 11.5 Å². The summed E-state index contributed by atoms with van der Waals surface area (Å²) in [6.45, 7) is 6.31. The van der Waals surface area contributed by atoms with E-state index in [1.54, 1.807) is 34.9 Å². The van der Waals surface area contributed by atoms with Gasteiger partial charge in [-0.2, -0.15) is 0 Å². The molecule has 1 rings (SSSR count). The molecule has 0 saturated carbocycles. The molecule has 116 valence electrons. The first kappa shape index (κ1) is 17.3. The van der Waals surface area contributed by atoms with E-state index in [4.69, 9.17) is 0 Å². The molecule has 0 bridgehead atoms. The van der Waals surface area contributed by atoms with Crippen molar-refractivity contribution in [3.63, 3.8) is 0 Å². The van der Waals surface area contributed by atoms with Gasteiger partial charge in [-0.05, 0) is 40.5 Å². The van der Waals surface area contributed by atoms with E-state index in [0.29, 0.717) is 22.3 Å². The first-order valence-electron chi connectivity index (χ1n) is 6.91. The van der Waals surface area contributed by atoms with Gasteiger partial charge >= 0.3 is 0 Å². The van der Waals surface area contributed by atoms with Gasteiger partial charge in [0.15, 0.2) is 11.6 Å². The summed E-state index contributed by atoms with van der Waals surface area (Å²) in [5.74, 6) is -0.725. The van der Waals surface area contributed by atoms with Crippen LogP contribution in [-0.2, 0) is 14.4 Å². The van der Waals surface area contributed by atoms with Crippen LogP contribution in [0.25, 0.3) is 0 Å². The molecule has 0 spiro atoms. The SMILES string of the molecule is CC1=C(C)C(=O)C(CCC(C)(O)C(=O)N(C)C)=C(C)C1=O. The fourth-order valence-electron chi connectivity index (χ4n) is 2.41. The van der Waals surface area contributed by atoms with Crippen LogP contribution < -0.4 is 0 Å². The number of carbonyl (C=O) groups is 3. The molecule has 1 N–H and O–H groups in total. The maximum absolute atomic E-state index is 12.3. The number of nitrogens with zero attached hydrogens (tertiary/aromatic N) is 1. The summed E-state index contributed by atoms with van der Waals surface area (Å²) in [5.41, 5.74) is 0.173. The van der Waals surface area contributed by atoms with Crippen molar-refractivity contribution in [2.75, 3.05) is 14.1 Å². The third kappa shape index (κ3) is 3.29. The van der Waals surface area contributed by atoms with Gasteiger partial charge < -0.3 is 10.0 Å². The van der Waals surface area contributed by atoms with Crippen LogP contribution in [-0.4, -0.2) is 47.2 Å². The average molecular weight is 293 g/mol. The third-order valence-electron chi connectivity index (χ3n) is 4.04. The highest BCUT2D eigenvalue weighted by molar-refractivity contribution is 6.24. The van der Waals surface area contributed by atoms with Crippen LogP contribution in [0.5, 0.6) is 0 Å². The Morgan fingerprint density at radius 2 is 1.52 bits per heavy atom. The van der Waals surface area contributed by atoms with Crippen molar-refractivity contribution < 1.29 is 19.5 Å². The zero-order valence-electron chi connectivity index (χ0n) is 13.5. The van der Waals surface area contributed by atoms with Crippen molar-refractivity contribution in [1.82, 2.24) is 4.90 Å². The molecule has 5 nitrogen and oxygen atoms in total. The molecule has 0 aliphatic heterocycles. The molecule has 5 heteroatoms. The highest BCUT2D eigenvalue weighted by Gasteiger charge is 2.34. The van der Waals surface area contributed by atoms with E-state index in [1.165, 1.54) is 11.8 Å². The van der Waals surface area contributed by atoms with E-state index in [0.717, 1.165) is 0 Å². The molecule has 0 heterocycles. The lowest BCUT2D eigenvalue weighted by Gasteiger charge is -2.27. The quantitative estimate of drug-likeness (QED) is 0.795. The lowest BCUT2D eigenvalue weighted by atomic mass is 9.82. The van der Waals surface area contributed by atoms with Crippen molar-refractivity contribution in [2.45, 2.75) is 46.1 Å². The molecule has 1 atom stereocenters. The highest BCUT2D eigenvalue weighted by atomic mass is 16.3. The monoisotopic (exact) mass is 293 g/mol. The summed E-state index contributed by atoms with van der Waals surface area (Å²) in [6.07, 6.45) is 0.301. The molecular weight excluding hydrogens is 270 g/mol. The number of hydrogen-bond acceptors (Lipinski definition) is 4. The van der Waals surface area contributed by atoms with E-state index >= 15 is 0 Å². The molecule has 0 fully saturated rings. The third-order valence-corrected chi connectivity index (χ3v) is 4.04. The topological polar surface area (TPSA) is 74.7 Å². The van der Waals surface area contributed by atoms with Crippen molar-refractivity contribution in [2.24, 2.45) is 0 Å². The minimum atomic E-state index is -1.55. The van der Waals surface area contributed by atoms with Gasteiger partial charge in [0, 0.05) is 36.4 Å². The number of ketones is 2. The van der Waals surface area contributed by atoms with Crippen LogP contribution in [0.2, 0.25) is 0 Å². The number of carbonyl (C=O) groups excluding carboxylic acids is 3. The number of Topliss-reactive ketones (excluding diaryl/α,β-unsaturated/α-hetero) is 2. The summed E-state index contributed by atoms with van der Waals surface area (Å²) in [7, 11) is 3.12. The number of amides is 1. The molecule has 1 aliphatic carbocycles. The van der Waals surface area contributed by atoms with Gasteiger partial charge in [0.1, 0.15) is 5.60 Å². The number of allylic oxidation sites excluding steroid dienone is 4. The predicted molar refractivity (Wildman–Crippen MR) is 79.6 cm³/mol. The summed E-state index contributed by atoms with van der Waals surface area (Å²) in [5, 5.41) is 10.2. The van der Waals surface area contributed by atoms with Gasteiger partial charge in [-0.3, -0.25) is 14.4 Å². The molecule has 0 radical (unpaired) electrons. The summed E-state index contributed by atoms with van der Waals surface area (Å²) < 4.78 is 0. The largest absolute Gasteiger partial charge is 0.380 e. The Morgan fingerprint density at radius 3 is 2.00 bits per heavy atom. The second kappa shape index (κ2) is 5.93. The minimum absolute atomic E-state index is 0.0992. The average Bonchev–Trinajstić information content (AvgIpc) is 2.41. The van der Waals surface area contributed by atoms with Crippen molar-refractivity contribution in [3.05, 3.63) is 22.3 Å². The predicted octanol–water partition coefficient (Wildman–Crippen LogP) is 1.41. The maximum Gasteiger partial charge on any atom is 0.253 e. The second-order valence-corrected chi connectivity index (χ2v) is 5.99. The molecule has 0 aromatic heterocycles. The van der Waals surface area contributed by atoms with Gasteiger partial charge in [-0.15, -0.1) is 0 Å². The van der Waals surface area contributed by atoms with E-state index in [9.17, 15) is 19.5 Å². The Labute approximate surface area is 125 Å². The molecule has 0 saturated heterocycles. The smallest absolute Gasteiger partial charge is 0.253 e. The summed E-state index contributed by atoms with van der Waals surface area (Å²) in [4.78, 5) is 37.5. The van der Waals surface area contributed by atoms with Gasteiger partial charge in [0.2, 0.25) is 0 Å². The van der Waals surface area contributed by atoms with Crippen molar-refractivity contribution in [3.8, 4) is 0 Å². The molecule has 1 aliphatic rings. The standard InChI is InChI=1S/C16H23NO4/c1-9-10(2)14(19)12(11(3)13(9)18)7-8-16(4,21)15(20)17(5)6/h21H,7-8H2,1-6H3. The highest BCUT2D eigenvalue weighted by Crippen LogP contribution is 2.29. The zero-order valence-corrected chi connectivity index (χ0v) is 13.5. The first-order chi connectivity index (χ1) is 9.50. The maximum atomic E-state index is 12.3. The normalized spacial score (nSPS) is 19.0. The minimum Gasteiger partial charge on any atom is -0.380 e. The van der Waals surface area contributed by atoms with Crippen LogP contribution >= 0.6 is 0 Å². The number of aliphatic hydroxyl groups is 1.